The Balaban J connectivity index is 1.30. The van der Waals surface area contributed by atoms with Gasteiger partial charge in [-0.2, -0.15) is 0 Å². The standard InChI is InChI=1S/C46H50O6/c1-3-41-44(49-30-36-14-7-4-8-15-36)46(51-32-38-18-11-6-12-19-38)45(50-31-37-16-9-5-10-17-37)43(52-41)39-27-22-33(2)40(29-39)28-35-25-23-34(24-26-35)20-13-21-42(47)48/h4-12,14-19,22-27,29,41,43-46H,3,13,20-21,28,30-32H2,1-2H3,(H,47,48)/t41-,43+,44-,45+,46+/m1/s1. The summed E-state index contributed by atoms with van der Waals surface area (Å²) in [5, 5.41) is 9.01. The Bertz CT molecular complexity index is 1810. The molecule has 0 radical (unpaired) electrons. The number of aryl methyl sites for hydroxylation is 2. The molecule has 0 amide bonds. The molecule has 0 saturated carbocycles. The van der Waals surface area contributed by atoms with Crippen LogP contribution < -0.4 is 0 Å². The molecule has 5 aromatic carbocycles. The van der Waals surface area contributed by atoms with Gasteiger partial charge in [-0.1, -0.05) is 140 Å². The normalized spacial score (nSPS) is 20.1. The van der Waals surface area contributed by atoms with E-state index in [-0.39, 0.29) is 24.7 Å². The van der Waals surface area contributed by atoms with Crippen molar-refractivity contribution in [2.45, 2.75) is 96.3 Å². The van der Waals surface area contributed by atoms with Crippen molar-refractivity contribution >= 4 is 5.97 Å². The lowest BCUT2D eigenvalue weighted by Crippen LogP contribution is -2.57. The Kier molecular flexibility index (Phi) is 13.4. The highest BCUT2D eigenvalue weighted by molar-refractivity contribution is 5.66. The van der Waals surface area contributed by atoms with Crippen LogP contribution >= 0.6 is 0 Å². The average Bonchev–Trinajstić information content (AvgIpc) is 3.18. The molecule has 1 aliphatic heterocycles. The zero-order chi connectivity index (χ0) is 36.1. The van der Waals surface area contributed by atoms with Gasteiger partial charge in [-0.15, -0.1) is 0 Å². The van der Waals surface area contributed by atoms with Crippen LogP contribution in [0.2, 0.25) is 0 Å². The fourth-order valence-corrected chi connectivity index (χ4v) is 6.93. The van der Waals surface area contributed by atoms with Gasteiger partial charge in [-0.05, 0) is 77.1 Å². The van der Waals surface area contributed by atoms with Crippen molar-refractivity contribution in [1.29, 1.82) is 0 Å². The van der Waals surface area contributed by atoms with Crippen molar-refractivity contribution in [2.24, 2.45) is 0 Å². The lowest BCUT2D eigenvalue weighted by Gasteiger charge is -2.46. The largest absolute Gasteiger partial charge is 0.481 e. The summed E-state index contributed by atoms with van der Waals surface area (Å²) in [4.78, 5) is 11.0. The van der Waals surface area contributed by atoms with E-state index in [2.05, 4.69) is 92.7 Å². The Morgan fingerprint density at radius 3 is 1.69 bits per heavy atom. The number of hydrogen-bond acceptors (Lipinski definition) is 5. The number of carboxylic acids is 1. The van der Waals surface area contributed by atoms with Crippen molar-refractivity contribution in [2.75, 3.05) is 0 Å². The fourth-order valence-electron chi connectivity index (χ4n) is 6.93. The third kappa shape index (κ3) is 10.3. The molecule has 6 nitrogen and oxygen atoms in total. The number of aliphatic carboxylic acids is 1. The van der Waals surface area contributed by atoms with Crippen LogP contribution in [0.25, 0.3) is 0 Å². The van der Waals surface area contributed by atoms with Crippen molar-refractivity contribution in [3.63, 3.8) is 0 Å². The molecule has 6 heteroatoms. The number of carboxylic acid groups (broad SMARTS) is 1. The number of carbonyl (C=O) groups is 1. The summed E-state index contributed by atoms with van der Waals surface area (Å²) in [5.41, 5.74) is 9.11. The summed E-state index contributed by atoms with van der Waals surface area (Å²) in [6.07, 6.45) is 1.28. The van der Waals surface area contributed by atoms with Crippen LogP contribution in [0.1, 0.15) is 76.8 Å². The first-order valence-corrected chi connectivity index (χ1v) is 18.5. The third-order valence-corrected chi connectivity index (χ3v) is 9.87. The first-order valence-electron chi connectivity index (χ1n) is 18.5. The molecule has 1 saturated heterocycles. The molecule has 5 atom stereocenters. The van der Waals surface area contributed by atoms with Crippen molar-refractivity contribution < 1.29 is 28.8 Å². The molecular weight excluding hydrogens is 649 g/mol. The summed E-state index contributed by atoms with van der Waals surface area (Å²) >= 11 is 0. The quantitative estimate of drug-likeness (QED) is 0.104. The average molecular weight is 699 g/mol. The van der Waals surface area contributed by atoms with E-state index in [1.165, 1.54) is 16.7 Å². The minimum Gasteiger partial charge on any atom is -0.481 e. The molecule has 6 rings (SSSR count). The van der Waals surface area contributed by atoms with E-state index < -0.39 is 18.2 Å². The third-order valence-electron chi connectivity index (χ3n) is 9.87. The topological polar surface area (TPSA) is 74.2 Å². The van der Waals surface area contributed by atoms with Crippen LogP contribution in [0, 0.1) is 6.92 Å². The maximum absolute atomic E-state index is 11.0. The van der Waals surface area contributed by atoms with Crippen molar-refractivity contribution in [3.8, 4) is 0 Å². The molecule has 1 heterocycles. The van der Waals surface area contributed by atoms with E-state index in [0.717, 1.165) is 47.1 Å². The van der Waals surface area contributed by atoms with Crippen LogP contribution in [-0.2, 0) is 56.4 Å². The highest BCUT2D eigenvalue weighted by atomic mass is 16.6. The van der Waals surface area contributed by atoms with E-state index in [1.807, 2.05) is 54.6 Å². The Hall–Kier alpha value is -4.59. The molecule has 270 valence electrons. The second kappa shape index (κ2) is 18.8. The van der Waals surface area contributed by atoms with E-state index in [1.54, 1.807) is 0 Å². The SMILES string of the molecule is CC[C@H]1O[C@@H](c2ccc(C)c(Cc3ccc(CCCC(=O)O)cc3)c2)[C@H](OCc2ccccc2)[C@@H](OCc2ccccc2)[C@@H]1OCc1ccccc1. The van der Waals surface area contributed by atoms with E-state index in [9.17, 15) is 4.79 Å². The van der Waals surface area contributed by atoms with Gasteiger partial charge in [0.05, 0.1) is 25.9 Å². The zero-order valence-electron chi connectivity index (χ0n) is 30.2. The maximum Gasteiger partial charge on any atom is 0.303 e. The Morgan fingerprint density at radius 1 is 0.635 bits per heavy atom. The fraction of sp³-hybridized carbons (Fsp3) is 0.326. The molecule has 52 heavy (non-hydrogen) atoms. The number of benzene rings is 5. The Morgan fingerprint density at radius 2 is 1.15 bits per heavy atom. The maximum atomic E-state index is 11.0. The van der Waals surface area contributed by atoms with Gasteiger partial charge >= 0.3 is 5.97 Å². The number of ether oxygens (including phenoxy) is 4. The molecular formula is C46H50O6. The number of hydrogen-bond donors (Lipinski definition) is 1. The van der Waals surface area contributed by atoms with E-state index in [4.69, 9.17) is 24.1 Å². The van der Waals surface area contributed by atoms with Gasteiger partial charge in [-0.25, -0.2) is 0 Å². The number of rotatable bonds is 17. The van der Waals surface area contributed by atoms with Gasteiger partial charge in [-0.3, -0.25) is 4.79 Å². The molecule has 1 N–H and O–H groups in total. The van der Waals surface area contributed by atoms with Gasteiger partial charge < -0.3 is 24.1 Å². The molecule has 1 fully saturated rings. The molecule has 0 spiro atoms. The van der Waals surface area contributed by atoms with Gasteiger partial charge in [0.1, 0.15) is 24.4 Å². The smallest absolute Gasteiger partial charge is 0.303 e. The second-order valence-electron chi connectivity index (χ2n) is 13.7. The van der Waals surface area contributed by atoms with Gasteiger partial charge in [0, 0.05) is 6.42 Å². The van der Waals surface area contributed by atoms with Crippen LogP contribution in [0.5, 0.6) is 0 Å². The van der Waals surface area contributed by atoms with E-state index in [0.29, 0.717) is 26.2 Å². The lowest BCUT2D eigenvalue weighted by atomic mass is 9.87. The Labute approximate surface area is 308 Å². The summed E-state index contributed by atoms with van der Waals surface area (Å²) in [6.45, 7) is 5.58. The predicted molar refractivity (Wildman–Crippen MR) is 204 cm³/mol. The first kappa shape index (κ1) is 37.2. The summed E-state index contributed by atoms with van der Waals surface area (Å²) in [5.74, 6) is -0.754. The van der Waals surface area contributed by atoms with Crippen LogP contribution in [0.4, 0.5) is 0 Å². The van der Waals surface area contributed by atoms with Gasteiger partial charge in [0.25, 0.3) is 0 Å². The summed E-state index contributed by atoms with van der Waals surface area (Å²) < 4.78 is 27.6. The van der Waals surface area contributed by atoms with Gasteiger partial charge in [0.2, 0.25) is 0 Å². The lowest BCUT2D eigenvalue weighted by molar-refractivity contribution is -0.267. The monoisotopic (exact) mass is 698 g/mol. The zero-order valence-corrected chi connectivity index (χ0v) is 30.2. The molecule has 5 aromatic rings. The molecule has 1 aliphatic rings. The molecule has 0 bridgehead atoms. The second-order valence-corrected chi connectivity index (χ2v) is 13.7. The van der Waals surface area contributed by atoms with Crippen molar-refractivity contribution in [3.05, 3.63) is 178 Å². The minimum atomic E-state index is -0.754. The van der Waals surface area contributed by atoms with Crippen LogP contribution in [0.3, 0.4) is 0 Å². The van der Waals surface area contributed by atoms with Crippen LogP contribution in [-0.4, -0.2) is 35.5 Å². The highest BCUT2D eigenvalue weighted by Gasteiger charge is 2.48. The molecule has 0 aliphatic carbocycles. The predicted octanol–water partition coefficient (Wildman–Crippen LogP) is 9.60. The highest BCUT2D eigenvalue weighted by Crippen LogP contribution is 2.40. The first-order chi connectivity index (χ1) is 25.5. The van der Waals surface area contributed by atoms with Crippen LogP contribution in [0.15, 0.2) is 133 Å². The molecule has 0 aromatic heterocycles. The summed E-state index contributed by atoms with van der Waals surface area (Å²) in [7, 11) is 0. The summed E-state index contributed by atoms with van der Waals surface area (Å²) in [6, 6.07) is 45.9. The van der Waals surface area contributed by atoms with E-state index >= 15 is 0 Å². The van der Waals surface area contributed by atoms with Gasteiger partial charge in [0.15, 0.2) is 0 Å². The minimum absolute atomic E-state index is 0.184. The van der Waals surface area contributed by atoms with Crippen molar-refractivity contribution in [1.82, 2.24) is 0 Å². The molecule has 0 unspecified atom stereocenters.